The SMILES string of the molecule is CC(=O)C1CCN(CCCN2c3ccc(Br)cc3CCc3cc(Br)ccc32)CC1.Cl. The lowest BCUT2D eigenvalue weighted by molar-refractivity contribution is -0.122. The molecule has 0 atom stereocenters. The van der Waals surface area contributed by atoms with Crippen molar-refractivity contribution >= 4 is 61.4 Å². The number of anilines is 2. The Bertz CT molecular complexity index is 843. The van der Waals surface area contributed by atoms with E-state index >= 15 is 0 Å². The minimum absolute atomic E-state index is 0. The number of aryl methyl sites for hydroxylation is 2. The molecule has 0 bridgehead atoms. The Morgan fingerprint density at radius 1 is 0.933 bits per heavy atom. The topological polar surface area (TPSA) is 23.6 Å². The molecule has 1 fully saturated rings. The number of rotatable bonds is 5. The average Bonchev–Trinajstić information content (AvgIpc) is 2.85. The standard InChI is InChI=1S/C24H28Br2N2O.ClH/c1-17(29)18-9-13-27(14-10-18)11-2-12-28-23-7-5-21(25)15-19(23)3-4-20-16-22(26)6-8-24(20)28;/h5-8,15-16,18H,2-4,9-14H2,1H3;1H. The van der Waals surface area contributed by atoms with E-state index in [1.165, 1.54) is 22.5 Å². The number of halogens is 3. The normalized spacial score (nSPS) is 17.0. The van der Waals surface area contributed by atoms with Gasteiger partial charge in [-0.25, -0.2) is 0 Å². The molecule has 2 aliphatic rings. The van der Waals surface area contributed by atoms with Gasteiger partial charge in [-0.2, -0.15) is 0 Å². The second kappa shape index (κ2) is 10.6. The van der Waals surface area contributed by atoms with E-state index in [0.717, 1.165) is 67.2 Å². The van der Waals surface area contributed by atoms with Crippen LogP contribution >= 0.6 is 44.3 Å². The number of hydrogen-bond acceptors (Lipinski definition) is 3. The van der Waals surface area contributed by atoms with Crippen LogP contribution < -0.4 is 4.90 Å². The fourth-order valence-corrected chi connectivity index (χ4v) is 5.51. The Kier molecular flexibility index (Phi) is 8.42. The van der Waals surface area contributed by atoms with Crippen molar-refractivity contribution in [1.29, 1.82) is 0 Å². The molecule has 162 valence electrons. The largest absolute Gasteiger partial charge is 0.341 e. The van der Waals surface area contributed by atoms with Crippen molar-refractivity contribution in [2.24, 2.45) is 5.92 Å². The van der Waals surface area contributed by atoms with Gasteiger partial charge in [0.05, 0.1) is 0 Å². The molecule has 2 aliphatic heterocycles. The zero-order valence-corrected chi connectivity index (χ0v) is 21.4. The predicted molar refractivity (Wildman–Crippen MR) is 134 cm³/mol. The molecule has 2 heterocycles. The van der Waals surface area contributed by atoms with Gasteiger partial charge in [0.2, 0.25) is 0 Å². The molecule has 0 saturated carbocycles. The molecule has 0 aromatic heterocycles. The lowest BCUT2D eigenvalue weighted by Crippen LogP contribution is -2.37. The first kappa shape index (κ1) is 23.8. The summed E-state index contributed by atoms with van der Waals surface area (Å²) in [5.41, 5.74) is 5.50. The van der Waals surface area contributed by atoms with Crippen LogP contribution in [-0.4, -0.2) is 36.9 Å². The summed E-state index contributed by atoms with van der Waals surface area (Å²) in [6.07, 6.45) is 5.29. The summed E-state index contributed by atoms with van der Waals surface area (Å²) >= 11 is 7.29. The first-order chi connectivity index (χ1) is 14.0. The van der Waals surface area contributed by atoms with Crippen molar-refractivity contribution in [1.82, 2.24) is 4.90 Å². The van der Waals surface area contributed by atoms with E-state index in [-0.39, 0.29) is 18.3 Å². The summed E-state index contributed by atoms with van der Waals surface area (Å²) in [4.78, 5) is 16.7. The van der Waals surface area contributed by atoms with E-state index in [1.807, 2.05) is 0 Å². The van der Waals surface area contributed by atoms with Crippen LogP contribution in [0, 0.1) is 5.92 Å². The van der Waals surface area contributed by atoms with E-state index in [4.69, 9.17) is 0 Å². The van der Waals surface area contributed by atoms with Crippen LogP contribution in [0.2, 0.25) is 0 Å². The highest BCUT2D eigenvalue weighted by molar-refractivity contribution is 9.10. The lowest BCUT2D eigenvalue weighted by atomic mass is 9.93. The number of likely N-dealkylation sites (tertiary alicyclic amines) is 1. The number of ketones is 1. The number of hydrogen-bond donors (Lipinski definition) is 0. The third kappa shape index (κ3) is 5.48. The van der Waals surface area contributed by atoms with E-state index < -0.39 is 0 Å². The van der Waals surface area contributed by atoms with Gasteiger partial charge in [-0.1, -0.05) is 31.9 Å². The summed E-state index contributed by atoms with van der Waals surface area (Å²) in [6.45, 7) is 5.95. The molecule has 0 unspecified atom stereocenters. The molecule has 2 aromatic rings. The van der Waals surface area contributed by atoms with E-state index in [9.17, 15) is 4.79 Å². The summed E-state index contributed by atoms with van der Waals surface area (Å²) in [6, 6.07) is 13.4. The van der Waals surface area contributed by atoms with Gasteiger partial charge in [-0.3, -0.25) is 4.79 Å². The van der Waals surface area contributed by atoms with Crippen molar-refractivity contribution in [3.8, 4) is 0 Å². The molecule has 1 saturated heterocycles. The highest BCUT2D eigenvalue weighted by Gasteiger charge is 2.24. The van der Waals surface area contributed by atoms with Crippen LogP contribution in [0.5, 0.6) is 0 Å². The van der Waals surface area contributed by atoms with Crippen molar-refractivity contribution in [2.45, 2.75) is 39.0 Å². The number of piperidine rings is 1. The van der Waals surface area contributed by atoms with Gasteiger partial charge in [0.15, 0.2) is 0 Å². The minimum atomic E-state index is 0. The van der Waals surface area contributed by atoms with Crippen LogP contribution in [-0.2, 0) is 17.6 Å². The first-order valence-corrected chi connectivity index (χ1v) is 12.2. The van der Waals surface area contributed by atoms with Crippen molar-refractivity contribution in [2.75, 3.05) is 31.1 Å². The summed E-state index contributed by atoms with van der Waals surface area (Å²) in [5.74, 6) is 0.646. The molecule has 6 heteroatoms. The maximum absolute atomic E-state index is 11.6. The molecule has 0 aliphatic carbocycles. The van der Waals surface area contributed by atoms with Crippen molar-refractivity contribution < 1.29 is 4.79 Å². The molecule has 0 radical (unpaired) electrons. The Balaban J connectivity index is 0.00000256. The molecule has 0 spiro atoms. The van der Waals surface area contributed by atoms with E-state index in [0.29, 0.717) is 5.78 Å². The monoisotopic (exact) mass is 554 g/mol. The molecule has 30 heavy (non-hydrogen) atoms. The second-order valence-corrected chi connectivity index (χ2v) is 10.1. The van der Waals surface area contributed by atoms with Gasteiger partial charge < -0.3 is 9.80 Å². The van der Waals surface area contributed by atoms with Gasteiger partial charge in [-0.15, -0.1) is 12.4 Å². The number of fused-ring (bicyclic) bond motifs is 2. The number of carbonyl (C=O) groups excluding carboxylic acids is 1. The number of Topliss-reactive ketones (excluding diaryl/α,β-unsaturated/α-hetero) is 1. The quantitative estimate of drug-likeness (QED) is 0.417. The van der Waals surface area contributed by atoms with Crippen LogP contribution in [0.4, 0.5) is 11.4 Å². The van der Waals surface area contributed by atoms with Gasteiger partial charge in [0.25, 0.3) is 0 Å². The van der Waals surface area contributed by atoms with Crippen LogP contribution in [0.3, 0.4) is 0 Å². The van der Waals surface area contributed by atoms with Crippen molar-refractivity contribution in [3.63, 3.8) is 0 Å². The molecule has 3 nitrogen and oxygen atoms in total. The Morgan fingerprint density at radius 2 is 1.47 bits per heavy atom. The van der Waals surface area contributed by atoms with Gasteiger partial charge in [0, 0.05) is 32.8 Å². The molecule has 4 rings (SSSR count). The maximum Gasteiger partial charge on any atom is 0.133 e. The Labute approximate surface area is 202 Å². The van der Waals surface area contributed by atoms with Crippen LogP contribution in [0.1, 0.15) is 37.3 Å². The number of benzene rings is 2. The molecular formula is C24H29Br2ClN2O. The minimum Gasteiger partial charge on any atom is -0.341 e. The van der Waals surface area contributed by atoms with Gasteiger partial charge >= 0.3 is 0 Å². The first-order valence-electron chi connectivity index (χ1n) is 10.6. The third-order valence-corrected chi connectivity index (χ3v) is 7.33. The lowest BCUT2D eigenvalue weighted by Gasteiger charge is -2.32. The van der Waals surface area contributed by atoms with Gasteiger partial charge in [0.1, 0.15) is 5.78 Å². The van der Waals surface area contributed by atoms with Gasteiger partial charge in [-0.05, 0) is 106 Å². The third-order valence-electron chi connectivity index (χ3n) is 6.35. The van der Waals surface area contributed by atoms with E-state index in [2.05, 4.69) is 78.1 Å². The Morgan fingerprint density at radius 3 is 1.97 bits per heavy atom. The van der Waals surface area contributed by atoms with E-state index in [1.54, 1.807) is 6.92 Å². The summed E-state index contributed by atoms with van der Waals surface area (Å²) < 4.78 is 2.30. The average molecular weight is 557 g/mol. The van der Waals surface area contributed by atoms with Crippen molar-refractivity contribution in [3.05, 3.63) is 56.5 Å². The summed E-state index contributed by atoms with van der Waals surface area (Å²) in [7, 11) is 0. The van der Waals surface area contributed by atoms with Crippen LogP contribution in [0.25, 0.3) is 0 Å². The number of nitrogens with zero attached hydrogens (tertiary/aromatic N) is 2. The fourth-order valence-electron chi connectivity index (χ4n) is 4.69. The predicted octanol–water partition coefficient (Wildman–Crippen LogP) is 6.56. The van der Waals surface area contributed by atoms with Crippen LogP contribution in [0.15, 0.2) is 45.3 Å². The maximum atomic E-state index is 11.6. The molecule has 2 aromatic carbocycles. The second-order valence-electron chi connectivity index (χ2n) is 8.28. The number of carbonyl (C=O) groups is 1. The molecular weight excluding hydrogens is 528 g/mol. The highest BCUT2D eigenvalue weighted by atomic mass is 79.9. The fraction of sp³-hybridized carbons (Fsp3) is 0.458. The molecule has 0 N–H and O–H groups in total. The zero-order valence-electron chi connectivity index (χ0n) is 17.4. The summed E-state index contributed by atoms with van der Waals surface area (Å²) in [5, 5.41) is 0. The molecule has 0 amide bonds. The Hall–Kier alpha value is -0.880. The zero-order chi connectivity index (χ0) is 20.4. The smallest absolute Gasteiger partial charge is 0.133 e. The highest BCUT2D eigenvalue weighted by Crippen LogP contribution is 2.38.